The van der Waals surface area contributed by atoms with Crippen LogP contribution in [0.2, 0.25) is 0 Å². The molecule has 3 rings (SSSR count). The molecule has 25 heavy (non-hydrogen) atoms. The van der Waals surface area contributed by atoms with Gasteiger partial charge in [0.25, 0.3) is 0 Å². The second kappa shape index (κ2) is 7.87. The van der Waals surface area contributed by atoms with Crippen molar-refractivity contribution < 1.29 is 19.3 Å². The molecule has 1 unspecified atom stereocenters. The van der Waals surface area contributed by atoms with Crippen molar-refractivity contribution >= 4 is 0 Å². The Morgan fingerprint density at radius 2 is 1.96 bits per heavy atom. The van der Waals surface area contributed by atoms with E-state index in [1.54, 1.807) is 14.2 Å². The van der Waals surface area contributed by atoms with Crippen molar-refractivity contribution in [3.8, 4) is 11.5 Å². The number of hydrogen-bond donors (Lipinski definition) is 2. The zero-order valence-corrected chi connectivity index (χ0v) is 14.7. The number of nitrogens with one attached hydrogen (secondary N) is 1. The summed E-state index contributed by atoms with van der Waals surface area (Å²) < 4.78 is 16.7. The molecule has 1 saturated heterocycles. The van der Waals surface area contributed by atoms with Gasteiger partial charge in [-0.1, -0.05) is 30.3 Å². The van der Waals surface area contributed by atoms with Gasteiger partial charge in [0, 0.05) is 25.1 Å². The van der Waals surface area contributed by atoms with Gasteiger partial charge in [0.1, 0.15) is 23.2 Å². The number of aliphatic hydroxyl groups is 1. The molecule has 2 N–H and O–H groups in total. The fraction of sp³-hybridized carbons (Fsp3) is 0.400. The van der Waals surface area contributed by atoms with Gasteiger partial charge in [0.2, 0.25) is 0 Å². The highest BCUT2D eigenvalue weighted by Gasteiger charge is 2.41. The Morgan fingerprint density at radius 3 is 2.60 bits per heavy atom. The molecule has 2 aromatic carbocycles. The zero-order chi connectivity index (χ0) is 17.7. The van der Waals surface area contributed by atoms with Gasteiger partial charge >= 0.3 is 0 Å². The van der Waals surface area contributed by atoms with Gasteiger partial charge < -0.3 is 24.6 Å². The molecule has 1 heterocycles. The van der Waals surface area contributed by atoms with E-state index in [1.165, 1.54) is 0 Å². The molecule has 5 heteroatoms. The summed E-state index contributed by atoms with van der Waals surface area (Å²) in [6, 6.07) is 15.3. The predicted molar refractivity (Wildman–Crippen MR) is 96.2 cm³/mol. The molecule has 0 aliphatic carbocycles. The SMILES string of the molecule is COc1ccc(OC)c(CC(O)(c2ccccc2)[C@@H]2CNCCO2)c1. The summed E-state index contributed by atoms with van der Waals surface area (Å²) in [5.41, 5.74) is 0.532. The molecular weight excluding hydrogens is 318 g/mol. The molecule has 5 nitrogen and oxygen atoms in total. The number of rotatable bonds is 6. The molecule has 134 valence electrons. The Balaban J connectivity index is 2.01. The van der Waals surface area contributed by atoms with E-state index >= 15 is 0 Å². The smallest absolute Gasteiger partial charge is 0.122 e. The lowest BCUT2D eigenvalue weighted by atomic mass is 9.81. The van der Waals surface area contributed by atoms with Crippen LogP contribution in [0, 0.1) is 0 Å². The van der Waals surface area contributed by atoms with Crippen LogP contribution in [0.1, 0.15) is 11.1 Å². The maximum atomic E-state index is 11.7. The van der Waals surface area contributed by atoms with Crippen LogP contribution < -0.4 is 14.8 Å². The molecule has 0 bridgehead atoms. The lowest BCUT2D eigenvalue weighted by molar-refractivity contribution is -0.124. The monoisotopic (exact) mass is 343 g/mol. The first-order valence-corrected chi connectivity index (χ1v) is 8.48. The van der Waals surface area contributed by atoms with E-state index < -0.39 is 5.60 Å². The van der Waals surface area contributed by atoms with Gasteiger partial charge in [0.15, 0.2) is 0 Å². The van der Waals surface area contributed by atoms with Crippen molar-refractivity contribution in [3.05, 3.63) is 59.7 Å². The quantitative estimate of drug-likeness (QED) is 0.841. The molecule has 2 atom stereocenters. The van der Waals surface area contributed by atoms with Crippen LogP contribution in [0.5, 0.6) is 11.5 Å². The van der Waals surface area contributed by atoms with Crippen molar-refractivity contribution in [2.24, 2.45) is 0 Å². The second-order valence-electron chi connectivity index (χ2n) is 6.21. The fourth-order valence-corrected chi connectivity index (χ4v) is 3.31. The predicted octanol–water partition coefficient (Wildman–Crippen LogP) is 2.12. The summed E-state index contributed by atoms with van der Waals surface area (Å²) in [5.74, 6) is 1.45. The third-order valence-corrected chi connectivity index (χ3v) is 4.68. The van der Waals surface area contributed by atoms with Crippen LogP contribution >= 0.6 is 0 Å². The average molecular weight is 343 g/mol. The lowest BCUT2D eigenvalue weighted by Crippen LogP contribution is -2.52. The molecule has 1 aliphatic rings. The normalized spacial score (nSPS) is 19.9. The fourth-order valence-electron chi connectivity index (χ4n) is 3.31. The molecule has 0 amide bonds. The van der Waals surface area contributed by atoms with Gasteiger partial charge in [-0.3, -0.25) is 0 Å². The van der Waals surface area contributed by atoms with Crippen LogP contribution in [0.25, 0.3) is 0 Å². The Labute approximate surface area is 148 Å². The Kier molecular flexibility index (Phi) is 5.58. The number of methoxy groups -OCH3 is 2. The first-order valence-electron chi connectivity index (χ1n) is 8.48. The summed E-state index contributed by atoms with van der Waals surface area (Å²) in [6.07, 6.45) is 0.0172. The largest absolute Gasteiger partial charge is 0.497 e. The highest BCUT2D eigenvalue weighted by atomic mass is 16.5. The Morgan fingerprint density at radius 1 is 1.16 bits per heavy atom. The van der Waals surface area contributed by atoms with Crippen molar-refractivity contribution in [2.45, 2.75) is 18.1 Å². The van der Waals surface area contributed by atoms with E-state index in [2.05, 4.69) is 5.32 Å². The highest BCUT2D eigenvalue weighted by Crippen LogP contribution is 2.36. The van der Waals surface area contributed by atoms with Crippen LogP contribution in [-0.2, 0) is 16.8 Å². The number of benzene rings is 2. The third-order valence-electron chi connectivity index (χ3n) is 4.68. The minimum absolute atomic E-state index is 0.348. The summed E-state index contributed by atoms with van der Waals surface area (Å²) in [4.78, 5) is 0. The van der Waals surface area contributed by atoms with Crippen LogP contribution in [0.4, 0.5) is 0 Å². The van der Waals surface area contributed by atoms with Gasteiger partial charge in [-0.2, -0.15) is 0 Å². The lowest BCUT2D eigenvalue weighted by Gasteiger charge is -2.39. The Bertz CT molecular complexity index is 685. The second-order valence-corrected chi connectivity index (χ2v) is 6.21. The van der Waals surface area contributed by atoms with Gasteiger partial charge in [-0.15, -0.1) is 0 Å². The molecular formula is C20H25NO4. The van der Waals surface area contributed by atoms with Gasteiger partial charge in [-0.05, 0) is 23.8 Å². The van der Waals surface area contributed by atoms with E-state index in [0.29, 0.717) is 19.6 Å². The molecule has 0 aromatic heterocycles. The van der Waals surface area contributed by atoms with Crippen molar-refractivity contribution in [1.29, 1.82) is 0 Å². The maximum absolute atomic E-state index is 11.7. The number of morpholine rings is 1. The van der Waals surface area contributed by atoms with Crippen LogP contribution in [0.3, 0.4) is 0 Å². The topological polar surface area (TPSA) is 60.0 Å². The summed E-state index contributed by atoms with van der Waals surface area (Å²) in [6.45, 7) is 1.97. The number of ether oxygens (including phenoxy) is 3. The molecule has 0 radical (unpaired) electrons. The summed E-state index contributed by atoms with van der Waals surface area (Å²) in [5, 5.41) is 15.0. The first kappa shape index (κ1) is 17.7. The average Bonchev–Trinajstić information content (AvgIpc) is 2.69. The van der Waals surface area contributed by atoms with E-state index in [-0.39, 0.29) is 6.10 Å². The van der Waals surface area contributed by atoms with E-state index in [4.69, 9.17) is 14.2 Å². The minimum atomic E-state index is -1.17. The Hall–Kier alpha value is -2.08. The zero-order valence-electron chi connectivity index (χ0n) is 14.7. The van der Waals surface area contributed by atoms with Crippen molar-refractivity contribution in [2.75, 3.05) is 33.9 Å². The van der Waals surface area contributed by atoms with E-state index in [9.17, 15) is 5.11 Å². The third kappa shape index (κ3) is 3.79. The summed E-state index contributed by atoms with van der Waals surface area (Å²) in [7, 11) is 3.26. The van der Waals surface area contributed by atoms with Gasteiger partial charge in [0.05, 0.1) is 20.8 Å². The molecule has 2 aromatic rings. The van der Waals surface area contributed by atoms with Crippen LogP contribution in [0.15, 0.2) is 48.5 Å². The van der Waals surface area contributed by atoms with E-state index in [0.717, 1.165) is 29.2 Å². The molecule has 0 saturated carbocycles. The van der Waals surface area contributed by atoms with E-state index in [1.807, 2.05) is 48.5 Å². The van der Waals surface area contributed by atoms with Crippen molar-refractivity contribution in [1.82, 2.24) is 5.32 Å². The highest BCUT2D eigenvalue weighted by molar-refractivity contribution is 5.42. The maximum Gasteiger partial charge on any atom is 0.122 e. The van der Waals surface area contributed by atoms with Crippen molar-refractivity contribution in [3.63, 3.8) is 0 Å². The molecule has 0 spiro atoms. The molecule has 1 fully saturated rings. The first-order chi connectivity index (χ1) is 12.2. The summed E-state index contributed by atoms with van der Waals surface area (Å²) >= 11 is 0. The van der Waals surface area contributed by atoms with Gasteiger partial charge in [-0.25, -0.2) is 0 Å². The molecule has 1 aliphatic heterocycles. The standard InChI is InChI=1S/C20H25NO4/c1-23-17-8-9-18(24-2)15(12-17)13-20(22,16-6-4-3-5-7-16)19-14-21-10-11-25-19/h3-9,12,19,21-22H,10-11,13-14H2,1-2H3/t19-,20?/m0/s1. The number of hydrogen-bond acceptors (Lipinski definition) is 5. The van der Waals surface area contributed by atoms with Crippen LogP contribution in [-0.4, -0.2) is 45.1 Å². The minimum Gasteiger partial charge on any atom is -0.497 e.